The highest BCUT2D eigenvalue weighted by Crippen LogP contribution is 2.45. The molecule has 0 saturated carbocycles. The van der Waals surface area contributed by atoms with E-state index < -0.39 is 0 Å². The summed E-state index contributed by atoms with van der Waals surface area (Å²) in [6, 6.07) is 57.3. The molecule has 224 valence electrons. The van der Waals surface area contributed by atoms with E-state index in [2.05, 4.69) is 167 Å². The molecule has 48 heavy (non-hydrogen) atoms. The Balaban J connectivity index is 1.38. The fourth-order valence-electron chi connectivity index (χ4n) is 7.33. The van der Waals surface area contributed by atoms with Gasteiger partial charge in [-0.1, -0.05) is 127 Å². The van der Waals surface area contributed by atoms with Crippen molar-refractivity contribution >= 4 is 54.6 Å². The summed E-state index contributed by atoms with van der Waals surface area (Å²) >= 11 is 0. The minimum absolute atomic E-state index is 0.603. The van der Waals surface area contributed by atoms with Crippen molar-refractivity contribution in [3.8, 4) is 33.9 Å². The monoisotopic (exact) mass is 613 g/mol. The molecule has 0 spiro atoms. The normalized spacial score (nSPS) is 11.8. The molecule has 0 amide bonds. The lowest BCUT2D eigenvalue weighted by atomic mass is 10.0. The Bertz CT molecular complexity index is 2800. The second kappa shape index (κ2) is 10.5. The summed E-state index contributed by atoms with van der Waals surface area (Å²) in [7, 11) is 0. The average Bonchev–Trinajstić information content (AvgIpc) is 3.70. The summed E-state index contributed by atoms with van der Waals surface area (Å²) in [4.78, 5) is 5.38. The molecule has 0 aliphatic carbocycles. The minimum Gasteiger partial charge on any atom is -0.307 e. The van der Waals surface area contributed by atoms with E-state index in [0.29, 0.717) is 5.82 Å². The number of rotatable bonds is 4. The molecule has 10 aromatic rings. The van der Waals surface area contributed by atoms with Crippen molar-refractivity contribution in [2.75, 3.05) is 0 Å². The highest BCUT2D eigenvalue weighted by atomic mass is 15.2. The van der Waals surface area contributed by atoms with E-state index >= 15 is 0 Å². The molecule has 0 aliphatic rings. The predicted molar refractivity (Wildman–Crippen MR) is 197 cm³/mol. The standard InChI is InChI=1S/C43H27N5/c1-4-14-28(15-5-1)29-24-26-30(27-25-29)43-44-39-37-33-20-10-12-22-35(33)47(31-16-6-2-7-17-31)41(37)42-38(40(39)45-46-43)34-21-11-13-23-36(34)48(42)32-18-8-3-9-19-32/h1-27H. The summed E-state index contributed by atoms with van der Waals surface area (Å²) in [5.74, 6) is 0.603. The van der Waals surface area contributed by atoms with Gasteiger partial charge >= 0.3 is 0 Å². The number of aromatic nitrogens is 5. The van der Waals surface area contributed by atoms with Crippen LogP contribution in [0.15, 0.2) is 164 Å². The van der Waals surface area contributed by atoms with E-state index in [0.717, 1.165) is 77.1 Å². The Morgan fingerprint density at radius 1 is 0.354 bits per heavy atom. The Labute approximate surface area is 276 Å². The van der Waals surface area contributed by atoms with Crippen LogP contribution >= 0.6 is 0 Å². The van der Waals surface area contributed by atoms with Crippen LogP contribution in [-0.4, -0.2) is 24.3 Å². The number of hydrogen-bond donors (Lipinski definition) is 0. The van der Waals surface area contributed by atoms with Gasteiger partial charge in [0.25, 0.3) is 0 Å². The maximum Gasteiger partial charge on any atom is 0.182 e. The van der Waals surface area contributed by atoms with Crippen molar-refractivity contribution in [2.24, 2.45) is 0 Å². The first-order valence-corrected chi connectivity index (χ1v) is 16.1. The van der Waals surface area contributed by atoms with Crippen LogP contribution in [0.1, 0.15) is 0 Å². The number of nitrogens with zero attached hydrogens (tertiary/aromatic N) is 5. The van der Waals surface area contributed by atoms with Gasteiger partial charge in [-0.15, -0.1) is 10.2 Å². The lowest BCUT2D eigenvalue weighted by molar-refractivity contribution is 1.04. The molecule has 7 aromatic carbocycles. The molecule has 0 bridgehead atoms. The van der Waals surface area contributed by atoms with Crippen LogP contribution in [0, 0.1) is 0 Å². The van der Waals surface area contributed by atoms with Gasteiger partial charge in [-0.05, 0) is 47.5 Å². The molecular formula is C43H27N5. The quantitative estimate of drug-likeness (QED) is 0.198. The summed E-state index contributed by atoms with van der Waals surface area (Å²) in [5.41, 5.74) is 11.5. The number of hydrogen-bond acceptors (Lipinski definition) is 3. The van der Waals surface area contributed by atoms with Crippen molar-refractivity contribution < 1.29 is 0 Å². The Morgan fingerprint density at radius 2 is 0.792 bits per heavy atom. The average molecular weight is 614 g/mol. The first-order valence-electron chi connectivity index (χ1n) is 16.1. The van der Waals surface area contributed by atoms with Gasteiger partial charge in [0.15, 0.2) is 5.82 Å². The highest BCUT2D eigenvalue weighted by molar-refractivity contribution is 6.35. The number of benzene rings is 7. The maximum atomic E-state index is 5.38. The van der Waals surface area contributed by atoms with Crippen molar-refractivity contribution in [1.82, 2.24) is 24.3 Å². The summed E-state index contributed by atoms with van der Waals surface area (Å²) < 4.78 is 4.77. The molecule has 5 heteroatoms. The fourth-order valence-corrected chi connectivity index (χ4v) is 7.33. The Hall–Kier alpha value is -6.59. The maximum absolute atomic E-state index is 5.38. The predicted octanol–water partition coefficient (Wildman–Crippen LogP) is 10.6. The fraction of sp³-hybridized carbons (Fsp3) is 0. The zero-order valence-electron chi connectivity index (χ0n) is 25.8. The van der Waals surface area contributed by atoms with Crippen LogP contribution < -0.4 is 0 Å². The molecule has 0 N–H and O–H groups in total. The van der Waals surface area contributed by atoms with Gasteiger partial charge in [0.2, 0.25) is 0 Å². The molecule has 0 atom stereocenters. The van der Waals surface area contributed by atoms with E-state index in [-0.39, 0.29) is 0 Å². The molecule has 3 heterocycles. The van der Waals surface area contributed by atoms with Gasteiger partial charge < -0.3 is 9.13 Å². The van der Waals surface area contributed by atoms with Gasteiger partial charge in [0.1, 0.15) is 11.0 Å². The van der Waals surface area contributed by atoms with Crippen LogP contribution in [0.3, 0.4) is 0 Å². The molecule has 0 fully saturated rings. The molecular weight excluding hydrogens is 587 g/mol. The van der Waals surface area contributed by atoms with E-state index in [1.807, 2.05) is 6.07 Å². The topological polar surface area (TPSA) is 48.5 Å². The Kier molecular flexibility index (Phi) is 5.81. The van der Waals surface area contributed by atoms with E-state index in [9.17, 15) is 0 Å². The first kappa shape index (κ1) is 26.6. The summed E-state index contributed by atoms with van der Waals surface area (Å²) in [6.07, 6.45) is 0. The van der Waals surface area contributed by atoms with Crippen molar-refractivity contribution in [2.45, 2.75) is 0 Å². The van der Waals surface area contributed by atoms with Crippen LogP contribution in [0.25, 0.3) is 88.5 Å². The highest BCUT2D eigenvalue weighted by Gasteiger charge is 2.26. The van der Waals surface area contributed by atoms with Gasteiger partial charge in [-0.2, -0.15) is 0 Å². The van der Waals surface area contributed by atoms with Gasteiger partial charge in [0.05, 0.1) is 22.1 Å². The van der Waals surface area contributed by atoms with Crippen LogP contribution in [0.4, 0.5) is 0 Å². The third kappa shape index (κ3) is 3.88. The van der Waals surface area contributed by atoms with Gasteiger partial charge in [0, 0.05) is 38.5 Å². The van der Waals surface area contributed by atoms with Gasteiger partial charge in [-0.25, -0.2) is 4.98 Å². The van der Waals surface area contributed by atoms with Crippen LogP contribution in [0.5, 0.6) is 0 Å². The molecule has 5 nitrogen and oxygen atoms in total. The number of para-hydroxylation sites is 4. The SMILES string of the molecule is c1ccc(-c2ccc(-c3nnc4c(n3)c3c5ccccc5n(-c5ccccc5)c3c3c4c4ccccc4n3-c3ccccc3)cc2)cc1. The minimum atomic E-state index is 0.603. The molecule has 0 radical (unpaired) electrons. The zero-order chi connectivity index (χ0) is 31.6. The van der Waals surface area contributed by atoms with Crippen LogP contribution in [-0.2, 0) is 0 Å². The van der Waals surface area contributed by atoms with Crippen molar-refractivity contribution in [3.05, 3.63) is 164 Å². The summed E-state index contributed by atoms with van der Waals surface area (Å²) in [6.45, 7) is 0. The van der Waals surface area contributed by atoms with Crippen LogP contribution in [0.2, 0.25) is 0 Å². The second-order valence-corrected chi connectivity index (χ2v) is 12.1. The van der Waals surface area contributed by atoms with E-state index in [4.69, 9.17) is 15.2 Å². The Morgan fingerprint density at radius 3 is 1.35 bits per heavy atom. The molecule has 10 rings (SSSR count). The molecule has 0 unspecified atom stereocenters. The van der Waals surface area contributed by atoms with Gasteiger partial charge in [-0.3, -0.25) is 0 Å². The molecule has 0 aliphatic heterocycles. The number of fused-ring (bicyclic) bond motifs is 10. The third-order valence-corrected chi connectivity index (χ3v) is 9.41. The van der Waals surface area contributed by atoms with E-state index in [1.165, 1.54) is 5.56 Å². The lowest BCUT2D eigenvalue weighted by Gasteiger charge is -2.13. The molecule has 3 aromatic heterocycles. The smallest absolute Gasteiger partial charge is 0.182 e. The van der Waals surface area contributed by atoms with Crippen molar-refractivity contribution in [3.63, 3.8) is 0 Å². The largest absolute Gasteiger partial charge is 0.307 e. The summed E-state index contributed by atoms with van der Waals surface area (Å²) in [5, 5.41) is 14.2. The lowest BCUT2D eigenvalue weighted by Crippen LogP contribution is -2.00. The second-order valence-electron chi connectivity index (χ2n) is 12.1. The zero-order valence-corrected chi connectivity index (χ0v) is 25.8. The third-order valence-electron chi connectivity index (χ3n) is 9.41. The molecule has 0 saturated heterocycles. The first-order chi connectivity index (χ1) is 23.8. The van der Waals surface area contributed by atoms with Crippen molar-refractivity contribution in [1.29, 1.82) is 0 Å². The van der Waals surface area contributed by atoms with E-state index in [1.54, 1.807) is 0 Å².